The molecule has 1 aromatic heterocycles. The Bertz CT molecular complexity index is 409. The Morgan fingerprint density at radius 3 is 2.80 bits per heavy atom. The van der Waals surface area contributed by atoms with Gasteiger partial charge in [-0.3, -0.25) is 4.68 Å². The first-order chi connectivity index (χ1) is 7.02. The number of hydrogen-bond acceptors (Lipinski definition) is 3. The van der Waals surface area contributed by atoms with E-state index in [-0.39, 0.29) is 11.7 Å². The zero-order valence-corrected chi connectivity index (χ0v) is 8.77. The van der Waals surface area contributed by atoms with Crippen molar-refractivity contribution >= 4 is 5.97 Å². The minimum atomic E-state index is -1.06. The van der Waals surface area contributed by atoms with E-state index in [9.17, 15) is 9.90 Å². The summed E-state index contributed by atoms with van der Waals surface area (Å²) in [6.45, 7) is 3.90. The summed E-state index contributed by atoms with van der Waals surface area (Å²) >= 11 is 0. The summed E-state index contributed by atoms with van der Waals surface area (Å²) in [5.41, 5.74) is 1.38. The normalized spacial score (nSPS) is 19.6. The van der Waals surface area contributed by atoms with Crippen molar-refractivity contribution in [2.45, 2.75) is 38.8 Å². The van der Waals surface area contributed by atoms with Crippen LogP contribution >= 0.6 is 0 Å². The number of carboxylic acids is 1. The molecule has 0 spiro atoms. The number of hydrogen-bond donors (Lipinski definition) is 2. The average molecular weight is 210 g/mol. The van der Waals surface area contributed by atoms with Gasteiger partial charge in [0.25, 0.3) is 0 Å². The molecule has 0 radical (unpaired) electrons. The SMILES string of the molecule is CC(C)n1nc(C(=O)O)c2c1CCC2O. The lowest BCUT2D eigenvalue weighted by Gasteiger charge is -2.08. The molecule has 0 aromatic carbocycles. The zero-order chi connectivity index (χ0) is 11.2. The predicted molar refractivity (Wildman–Crippen MR) is 52.9 cm³/mol. The fourth-order valence-corrected chi connectivity index (χ4v) is 2.08. The van der Waals surface area contributed by atoms with E-state index in [1.54, 1.807) is 4.68 Å². The largest absolute Gasteiger partial charge is 0.476 e. The van der Waals surface area contributed by atoms with Crippen molar-refractivity contribution in [3.8, 4) is 0 Å². The summed E-state index contributed by atoms with van der Waals surface area (Å²) < 4.78 is 1.70. The van der Waals surface area contributed by atoms with Crippen molar-refractivity contribution < 1.29 is 15.0 Å². The third kappa shape index (κ3) is 1.43. The molecule has 0 fully saturated rings. The van der Waals surface area contributed by atoms with Gasteiger partial charge in [0.2, 0.25) is 0 Å². The average Bonchev–Trinajstić information content (AvgIpc) is 2.66. The Balaban J connectivity index is 2.59. The van der Waals surface area contributed by atoms with Gasteiger partial charge in [-0.1, -0.05) is 0 Å². The van der Waals surface area contributed by atoms with Gasteiger partial charge in [-0.05, 0) is 26.7 Å². The number of carboxylic acid groups (broad SMARTS) is 1. The highest BCUT2D eigenvalue weighted by molar-refractivity contribution is 5.87. The third-order valence-electron chi connectivity index (χ3n) is 2.73. The number of aromatic carboxylic acids is 1. The number of aliphatic hydroxyl groups excluding tert-OH is 1. The Morgan fingerprint density at radius 1 is 1.60 bits per heavy atom. The van der Waals surface area contributed by atoms with Gasteiger partial charge in [0.15, 0.2) is 5.69 Å². The third-order valence-corrected chi connectivity index (χ3v) is 2.73. The van der Waals surface area contributed by atoms with E-state index >= 15 is 0 Å². The van der Waals surface area contributed by atoms with Gasteiger partial charge in [-0.2, -0.15) is 5.10 Å². The second-order valence-corrected chi connectivity index (χ2v) is 4.11. The number of carbonyl (C=O) groups is 1. The van der Waals surface area contributed by atoms with Crippen LogP contribution in [0.15, 0.2) is 0 Å². The number of fused-ring (bicyclic) bond motifs is 1. The molecule has 2 rings (SSSR count). The fourth-order valence-electron chi connectivity index (χ4n) is 2.08. The molecular formula is C10H14N2O3. The van der Waals surface area contributed by atoms with Gasteiger partial charge in [0.1, 0.15) is 0 Å². The molecule has 5 heteroatoms. The molecule has 1 unspecified atom stereocenters. The van der Waals surface area contributed by atoms with E-state index in [0.29, 0.717) is 18.4 Å². The van der Waals surface area contributed by atoms with Gasteiger partial charge >= 0.3 is 5.97 Å². The molecule has 1 aliphatic rings. The molecule has 15 heavy (non-hydrogen) atoms. The minimum absolute atomic E-state index is 0.00343. The van der Waals surface area contributed by atoms with Crippen LogP contribution in [0, 0.1) is 0 Å². The Morgan fingerprint density at radius 2 is 2.27 bits per heavy atom. The molecule has 1 atom stereocenters. The highest BCUT2D eigenvalue weighted by Gasteiger charge is 2.32. The van der Waals surface area contributed by atoms with Gasteiger partial charge in [-0.15, -0.1) is 0 Å². The van der Waals surface area contributed by atoms with Crippen LogP contribution in [-0.4, -0.2) is 26.0 Å². The van der Waals surface area contributed by atoms with Gasteiger partial charge in [0.05, 0.1) is 6.10 Å². The predicted octanol–water partition coefficient (Wildman–Crippen LogP) is 1.14. The Labute approximate surface area is 87.3 Å². The molecule has 1 aliphatic carbocycles. The van der Waals surface area contributed by atoms with Crippen molar-refractivity contribution in [2.24, 2.45) is 0 Å². The first-order valence-corrected chi connectivity index (χ1v) is 5.05. The van der Waals surface area contributed by atoms with E-state index in [1.807, 2.05) is 13.8 Å². The zero-order valence-electron chi connectivity index (χ0n) is 8.77. The van der Waals surface area contributed by atoms with E-state index in [0.717, 1.165) is 5.69 Å². The van der Waals surface area contributed by atoms with Crippen molar-refractivity contribution in [2.75, 3.05) is 0 Å². The smallest absolute Gasteiger partial charge is 0.356 e. The Hall–Kier alpha value is -1.36. The highest BCUT2D eigenvalue weighted by Crippen LogP contribution is 2.34. The number of rotatable bonds is 2. The summed E-state index contributed by atoms with van der Waals surface area (Å²) in [7, 11) is 0. The first-order valence-electron chi connectivity index (χ1n) is 5.05. The molecule has 0 bridgehead atoms. The molecule has 0 amide bonds. The van der Waals surface area contributed by atoms with Gasteiger partial charge in [-0.25, -0.2) is 4.79 Å². The summed E-state index contributed by atoms with van der Waals surface area (Å²) in [4.78, 5) is 11.0. The molecule has 1 heterocycles. The maximum absolute atomic E-state index is 11.0. The highest BCUT2D eigenvalue weighted by atomic mass is 16.4. The van der Waals surface area contributed by atoms with Crippen LogP contribution in [0.3, 0.4) is 0 Å². The van der Waals surface area contributed by atoms with Gasteiger partial charge in [0, 0.05) is 17.3 Å². The topological polar surface area (TPSA) is 75.4 Å². The van der Waals surface area contributed by atoms with Crippen LogP contribution in [0.1, 0.15) is 54.2 Å². The van der Waals surface area contributed by atoms with Crippen LogP contribution in [0.5, 0.6) is 0 Å². The summed E-state index contributed by atoms with van der Waals surface area (Å²) in [6, 6.07) is 0.122. The van der Waals surface area contributed by atoms with Crippen molar-refractivity contribution in [1.29, 1.82) is 0 Å². The van der Waals surface area contributed by atoms with Crippen LogP contribution in [0.25, 0.3) is 0 Å². The lowest BCUT2D eigenvalue weighted by atomic mass is 10.1. The van der Waals surface area contributed by atoms with Crippen LogP contribution in [0.2, 0.25) is 0 Å². The number of nitrogens with zero attached hydrogens (tertiary/aromatic N) is 2. The second kappa shape index (κ2) is 3.34. The number of aromatic nitrogens is 2. The molecule has 1 aromatic rings. The lowest BCUT2D eigenvalue weighted by Crippen LogP contribution is -2.08. The molecule has 0 aliphatic heterocycles. The monoisotopic (exact) mass is 210 g/mol. The van der Waals surface area contributed by atoms with Crippen LogP contribution in [0.4, 0.5) is 0 Å². The van der Waals surface area contributed by atoms with Gasteiger partial charge < -0.3 is 10.2 Å². The minimum Gasteiger partial charge on any atom is -0.476 e. The van der Waals surface area contributed by atoms with E-state index in [4.69, 9.17) is 5.11 Å². The molecule has 0 saturated carbocycles. The Kier molecular flexibility index (Phi) is 2.26. The standard InChI is InChI=1S/C10H14N2O3/c1-5(2)12-6-3-4-7(13)8(6)9(11-12)10(14)15/h5,7,13H,3-4H2,1-2H3,(H,14,15). The first kappa shape index (κ1) is 10.2. The van der Waals surface area contributed by atoms with Crippen LogP contribution in [-0.2, 0) is 6.42 Å². The quantitative estimate of drug-likeness (QED) is 0.767. The van der Waals surface area contributed by atoms with Crippen molar-refractivity contribution in [3.63, 3.8) is 0 Å². The molecule has 0 saturated heterocycles. The molecule has 2 N–H and O–H groups in total. The number of aliphatic hydroxyl groups is 1. The van der Waals surface area contributed by atoms with E-state index in [1.165, 1.54) is 0 Å². The van der Waals surface area contributed by atoms with Crippen LogP contribution < -0.4 is 0 Å². The maximum Gasteiger partial charge on any atom is 0.356 e. The molecule has 5 nitrogen and oxygen atoms in total. The van der Waals surface area contributed by atoms with E-state index in [2.05, 4.69) is 5.10 Å². The van der Waals surface area contributed by atoms with E-state index < -0.39 is 12.1 Å². The summed E-state index contributed by atoms with van der Waals surface area (Å²) in [6.07, 6.45) is 0.633. The summed E-state index contributed by atoms with van der Waals surface area (Å²) in [5, 5.41) is 22.7. The fraction of sp³-hybridized carbons (Fsp3) is 0.600. The lowest BCUT2D eigenvalue weighted by molar-refractivity contribution is 0.0681. The molecular weight excluding hydrogens is 196 g/mol. The maximum atomic E-state index is 11.0. The second-order valence-electron chi connectivity index (χ2n) is 4.11. The van der Waals surface area contributed by atoms with Crippen molar-refractivity contribution in [1.82, 2.24) is 9.78 Å². The van der Waals surface area contributed by atoms with Crippen molar-refractivity contribution in [3.05, 3.63) is 17.0 Å². The summed E-state index contributed by atoms with van der Waals surface area (Å²) in [5.74, 6) is -1.06. The molecule has 82 valence electrons.